The quantitative estimate of drug-likeness (QED) is 0.0283. The lowest BCUT2D eigenvalue weighted by Gasteiger charge is -2.28. The van der Waals surface area contributed by atoms with E-state index in [0.717, 1.165) is 0 Å². The summed E-state index contributed by atoms with van der Waals surface area (Å²) in [5, 5.41) is 58.2. The third-order valence-corrected chi connectivity index (χ3v) is 12.4. The van der Waals surface area contributed by atoms with Crippen LogP contribution in [0.5, 0.6) is 5.75 Å². The fourth-order valence-corrected chi connectivity index (χ4v) is 7.44. The molecule has 0 aliphatic rings. The fraction of sp³-hybridized carbons (Fsp3) is 0.633. The maximum Gasteiger partial charge on any atom is 0.326 e. The van der Waals surface area contributed by atoms with Crippen LogP contribution in [0.2, 0.25) is 0 Å². The van der Waals surface area contributed by atoms with Crippen LogP contribution in [-0.4, -0.2) is 159 Å². The Morgan fingerprint density at radius 2 is 0.974 bits per heavy atom. The Morgan fingerprint density at radius 3 is 1.45 bits per heavy atom. The maximum atomic E-state index is 14.0. The van der Waals surface area contributed by atoms with Gasteiger partial charge in [0.15, 0.2) is 0 Å². The Bertz CT molecular complexity index is 2200. The molecular weight excluding hydrogens is 1010 g/mol. The van der Waals surface area contributed by atoms with Crippen LogP contribution in [0, 0.1) is 17.8 Å². The number of aliphatic carboxylic acids is 2. The van der Waals surface area contributed by atoms with Crippen LogP contribution < -0.4 is 65.5 Å². The second-order valence-electron chi connectivity index (χ2n) is 19.3. The molecule has 20 N–H and O–H groups in total. The molecular formula is C49H80N12O16. The van der Waals surface area contributed by atoms with Crippen molar-refractivity contribution in [1.29, 1.82) is 0 Å². The number of aliphatic hydroxyl groups excluding tert-OH is 1. The van der Waals surface area contributed by atoms with Gasteiger partial charge in [-0.15, -0.1) is 0 Å². The van der Waals surface area contributed by atoms with E-state index >= 15 is 0 Å². The first kappa shape index (κ1) is 67.6. The molecule has 0 unspecified atom stereocenters. The highest BCUT2D eigenvalue weighted by Gasteiger charge is 2.37. The van der Waals surface area contributed by atoms with Gasteiger partial charge >= 0.3 is 11.9 Å². The number of carbonyl (C=O) groups excluding carboxylic acids is 10. The number of aromatic hydroxyl groups is 1. The molecule has 28 nitrogen and oxygen atoms in total. The van der Waals surface area contributed by atoms with Crippen molar-refractivity contribution in [2.75, 3.05) is 13.2 Å². The summed E-state index contributed by atoms with van der Waals surface area (Å²) >= 11 is 0. The van der Waals surface area contributed by atoms with Gasteiger partial charge in [-0.25, -0.2) is 4.79 Å². The van der Waals surface area contributed by atoms with Gasteiger partial charge in [0.05, 0.1) is 25.5 Å². The number of phenols is 1. The van der Waals surface area contributed by atoms with Gasteiger partial charge in [-0.1, -0.05) is 66.5 Å². The minimum absolute atomic E-state index is 0.0754. The van der Waals surface area contributed by atoms with Gasteiger partial charge in [0.25, 0.3) is 0 Å². The molecule has 0 heterocycles. The number of rotatable bonds is 37. The molecule has 0 aromatic heterocycles. The van der Waals surface area contributed by atoms with Crippen molar-refractivity contribution in [2.45, 2.75) is 167 Å². The molecule has 0 bridgehead atoms. The third kappa shape index (κ3) is 24.8. The van der Waals surface area contributed by atoms with Gasteiger partial charge < -0.3 is 85.9 Å². The molecule has 0 radical (unpaired) electrons. The number of carboxylic acids is 2. The molecule has 0 spiro atoms. The minimum atomic E-state index is -2.00. The van der Waals surface area contributed by atoms with Crippen molar-refractivity contribution in [3.8, 4) is 5.75 Å². The van der Waals surface area contributed by atoms with Crippen LogP contribution in [0.1, 0.15) is 111 Å². The normalized spacial score (nSPS) is 15.4. The highest BCUT2D eigenvalue weighted by molar-refractivity contribution is 6.00. The van der Waals surface area contributed by atoms with Crippen LogP contribution >= 0.6 is 0 Å². The molecule has 0 aliphatic carbocycles. The standard InChI is InChI=1S/C49H80N12O16/c1-7-25(5)39(53)48(75)59-32(20-27-12-14-28(63)15-13-27)44(71)55-30(16-17-36(51)64)41(68)56-31(19-24(3)4)43(70)57-33(21-37(52)65)45(72)60-35(23-62)47(74)58-34(22-38(66)67)46(73)54-29(11-9-10-18-50)42(69)61-40(49(76)77)26(6)8-2/h12-15,24-26,29-35,39-40,62-63H,7-11,16-23,50,53H2,1-6H3,(H2,51,64)(H2,52,65)(H,54,73)(H,55,71)(H,56,68)(H,57,70)(H,58,74)(H,59,75)(H,60,72)(H,61,69)(H,66,67)(H,76,77)/t25-,26-,29-,30-,31-,32-,33-,34-,35-,39-,40-/m0/s1. The average molecular weight is 1090 g/mol. The molecule has 1 aromatic rings. The number of benzene rings is 1. The molecule has 0 fully saturated rings. The van der Waals surface area contributed by atoms with Crippen molar-refractivity contribution in [1.82, 2.24) is 42.5 Å². The summed E-state index contributed by atoms with van der Waals surface area (Å²) in [6.07, 6.45) is -1.72. The third-order valence-electron chi connectivity index (χ3n) is 12.4. The van der Waals surface area contributed by atoms with Crippen molar-refractivity contribution in [3.05, 3.63) is 29.8 Å². The smallest absolute Gasteiger partial charge is 0.326 e. The summed E-state index contributed by atoms with van der Waals surface area (Å²) in [7, 11) is 0. The zero-order chi connectivity index (χ0) is 58.7. The maximum absolute atomic E-state index is 14.0. The zero-order valence-electron chi connectivity index (χ0n) is 44.4. The van der Waals surface area contributed by atoms with Crippen molar-refractivity contribution < 1.29 is 78.0 Å². The summed E-state index contributed by atoms with van der Waals surface area (Å²) < 4.78 is 0. The van der Waals surface area contributed by atoms with Gasteiger partial charge in [0.2, 0.25) is 59.1 Å². The number of amides is 10. The first-order valence-corrected chi connectivity index (χ1v) is 25.4. The summed E-state index contributed by atoms with van der Waals surface area (Å²) in [5.74, 6) is -14.8. The molecule has 1 rings (SSSR count). The van der Waals surface area contributed by atoms with Crippen LogP contribution in [0.4, 0.5) is 0 Å². The number of nitrogens with one attached hydrogen (secondary N) is 8. The molecule has 10 amide bonds. The Morgan fingerprint density at radius 1 is 0.532 bits per heavy atom. The van der Waals surface area contributed by atoms with E-state index in [9.17, 15) is 78.0 Å². The molecule has 1 aromatic carbocycles. The SMILES string of the molecule is CC[C@H](C)[C@H](N)C(=O)N[C@@H](Cc1ccc(O)cc1)C(=O)N[C@@H](CCC(N)=O)C(=O)N[C@@H](CC(C)C)C(=O)N[C@@H](CC(N)=O)C(=O)N[C@@H](CO)C(=O)N[C@@H](CC(=O)O)C(=O)N[C@@H](CCCCN)C(=O)N[C@H](C(=O)O)[C@@H](C)CC. The lowest BCUT2D eigenvalue weighted by Crippen LogP contribution is -2.61. The second kappa shape index (κ2) is 34.3. The average Bonchev–Trinajstić information content (AvgIpc) is 3.36. The first-order chi connectivity index (χ1) is 36.1. The second-order valence-corrected chi connectivity index (χ2v) is 19.3. The van der Waals surface area contributed by atoms with Gasteiger partial charge in [0.1, 0.15) is 54.1 Å². The van der Waals surface area contributed by atoms with Gasteiger partial charge in [-0.05, 0) is 74.1 Å². The zero-order valence-corrected chi connectivity index (χ0v) is 44.4. The number of hydrogen-bond acceptors (Lipinski definition) is 16. The van der Waals surface area contributed by atoms with Crippen LogP contribution in [0.3, 0.4) is 0 Å². The highest BCUT2D eigenvalue weighted by Crippen LogP contribution is 2.15. The molecule has 28 heteroatoms. The Kier molecular flexibility index (Phi) is 30.1. The summed E-state index contributed by atoms with van der Waals surface area (Å²) in [4.78, 5) is 158. The van der Waals surface area contributed by atoms with E-state index in [4.69, 9.17) is 22.9 Å². The Balaban J connectivity index is 3.47. The molecule has 77 heavy (non-hydrogen) atoms. The largest absolute Gasteiger partial charge is 0.508 e. The van der Waals surface area contributed by atoms with E-state index in [-0.39, 0.29) is 49.8 Å². The summed E-state index contributed by atoms with van der Waals surface area (Å²) in [6, 6.07) is -8.49. The molecule has 0 aliphatic heterocycles. The number of carboxylic acid groups (broad SMARTS) is 2. The lowest BCUT2D eigenvalue weighted by molar-refractivity contribution is -0.144. The Hall–Kier alpha value is -7.46. The fourth-order valence-electron chi connectivity index (χ4n) is 7.44. The van der Waals surface area contributed by atoms with E-state index in [0.29, 0.717) is 24.8 Å². The van der Waals surface area contributed by atoms with Gasteiger partial charge in [-0.2, -0.15) is 0 Å². The van der Waals surface area contributed by atoms with Crippen molar-refractivity contribution in [2.24, 2.45) is 40.7 Å². The van der Waals surface area contributed by atoms with Gasteiger partial charge in [0, 0.05) is 12.8 Å². The topological polar surface area (TPSA) is 486 Å². The predicted molar refractivity (Wildman–Crippen MR) is 276 cm³/mol. The number of hydrogen-bond donors (Lipinski definition) is 16. The molecule has 432 valence electrons. The Labute approximate surface area is 446 Å². The van der Waals surface area contributed by atoms with E-state index in [1.54, 1.807) is 34.6 Å². The van der Waals surface area contributed by atoms with Crippen molar-refractivity contribution in [3.63, 3.8) is 0 Å². The van der Waals surface area contributed by atoms with Crippen LogP contribution in [0.15, 0.2) is 24.3 Å². The molecule has 0 saturated heterocycles. The first-order valence-electron chi connectivity index (χ1n) is 25.4. The monoisotopic (exact) mass is 1090 g/mol. The predicted octanol–water partition coefficient (Wildman–Crippen LogP) is -3.90. The number of carbonyl (C=O) groups is 12. The number of phenolic OH excluding ortho intramolecular Hbond substituents is 1. The number of nitrogens with two attached hydrogens (primary N) is 4. The van der Waals surface area contributed by atoms with E-state index < -0.39 is 164 Å². The summed E-state index contributed by atoms with van der Waals surface area (Å²) in [6.45, 7) is 9.14. The highest BCUT2D eigenvalue weighted by atomic mass is 16.4. The number of unbranched alkanes of at least 4 members (excludes halogenated alkanes) is 1. The summed E-state index contributed by atoms with van der Waals surface area (Å²) in [5.41, 5.74) is 23.0. The molecule has 11 atom stereocenters. The van der Waals surface area contributed by atoms with Gasteiger partial charge in [-0.3, -0.25) is 52.7 Å². The van der Waals surface area contributed by atoms with Crippen LogP contribution in [0.25, 0.3) is 0 Å². The molecule has 0 saturated carbocycles. The lowest BCUT2D eigenvalue weighted by atomic mass is 9.98. The number of primary amides is 2. The minimum Gasteiger partial charge on any atom is -0.508 e. The van der Waals surface area contributed by atoms with E-state index in [1.807, 2.05) is 6.92 Å². The van der Waals surface area contributed by atoms with Crippen LogP contribution in [-0.2, 0) is 64.0 Å². The number of aliphatic hydroxyl groups is 1. The van der Waals surface area contributed by atoms with E-state index in [2.05, 4.69) is 42.5 Å². The van der Waals surface area contributed by atoms with Crippen molar-refractivity contribution >= 4 is 71.0 Å². The van der Waals surface area contributed by atoms with E-state index in [1.165, 1.54) is 24.3 Å².